The molecule has 7 nitrogen and oxygen atoms in total. The molecule has 3 aromatic heterocycles. The number of nitrogens with one attached hydrogen (secondary N) is 1. The van der Waals surface area contributed by atoms with Crippen LogP contribution in [0.3, 0.4) is 0 Å². The monoisotopic (exact) mass is 464 g/mol. The Balaban J connectivity index is 1.30. The van der Waals surface area contributed by atoms with Crippen molar-refractivity contribution in [3.63, 3.8) is 0 Å². The molecule has 4 heterocycles. The SMILES string of the molecule is Cc1sc2ncnc(SCC(=O)Nc3cccc(-c4nnc5n4CCCCC5)c3)c2c1C. The van der Waals surface area contributed by atoms with Crippen LogP contribution in [0.2, 0.25) is 0 Å². The molecule has 0 spiro atoms. The van der Waals surface area contributed by atoms with E-state index in [1.807, 2.05) is 24.3 Å². The summed E-state index contributed by atoms with van der Waals surface area (Å²) in [6, 6.07) is 7.84. The van der Waals surface area contributed by atoms with Gasteiger partial charge in [-0.15, -0.1) is 21.5 Å². The summed E-state index contributed by atoms with van der Waals surface area (Å²) in [7, 11) is 0. The number of carbonyl (C=O) groups is 1. The molecule has 0 bridgehead atoms. The first kappa shape index (κ1) is 21.1. The van der Waals surface area contributed by atoms with E-state index in [4.69, 9.17) is 0 Å². The number of benzene rings is 1. The number of amides is 1. The highest BCUT2D eigenvalue weighted by Crippen LogP contribution is 2.34. The van der Waals surface area contributed by atoms with Crippen molar-refractivity contribution in [2.24, 2.45) is 0 Å². The second kappa shape index (κ2) is 8.99. The Kier molecular flexibility index (Phi) is 5.93. The molecule has 32 heavy (non-hydrogen) atoms. The average Bonchev–Trinajstić information content (AvgIpc) is 3.23. The summed E-state index contributed by atoms with van der Waals surface area (Å²) < 4.78 is 2.22. The molecule has 1 aliphatic rings. The number of thiophene rings is 1. The fourth-order valence-electron chi connectivity index (χ4n) is 4.03. The van der Waals surface area contributed by atoms with E-state index in [0.29, 0.717) is 0 Å². The van der Waals surface area contributed by atoms with Gasteiger partial charge in [0.15, 0.2) is 5.82 Å². The second-order valence-corrected chi connectivity index (χ2v) is 10.1. The Morgan fingerprint density at radius 3 is 3.00 bits per heavy atom. The lowest BCUT2D eigenvalue weighted by Gasteiger charge is -2.09. The van der Waals surface area contributed by atoms with Crippen LogP contribution in [-0.2, 0) is 17.8 Å². The van der Waals surface area contributed by atoms with Crippen LogP contribution in [0.1, 0.15) is 35.5 Å². The lowest BCUT2D eigenvalue weighted by Crippen LogP contribution is -2.14. The van der Waals surface area contributed by atoms with Gasteiger partial charge in [0.1, 0.15) is 22.0 Å². The maximum atomic E-state index is 12.7. The lowest BCUT2D eigenvalue weighted by atomic mass is 10.2. The fourth-order valence-corrected chi connectivity index (χ4v) is 5.94. The van der Waals surface area contributed by atoms with Gasteiger partial charge in [-0.25, -0.2) is 9.97 Å². The van der Waals surface area contributed by atoms with Gasteiger partial charge in [0, 0.05) is 34.5 Å². The van der Waals surface area contributed by atoms with E-state index in [-0.39, 0.29) is 11.7 Å². The average molecular weight is 465 g/mol. The summed E-state index contributed by atoms with van der Waals surface area (Å²) in [5.74, 6) is 2.14. The smallest absolute Gasteiger partial charge is 0.234 e. The summed E-state index contributed by atoms with van der Waals surface area (Å²) >= 11 is 3.11. The second-order valence-electron chi connectivity index (χ2n) is 7.96. The van der Waals surface area contributed by atoms with Gasteiger partial charge >= 0.3 is 0 Å². The van der Waals surface area contributed by atoms with Gasteiger partial charge in [-0.05, 0) is 44.4 Å². The normalized spacial score (nSPS) is 13.7. The zero-order valence-electron chi connectivity index (χ0n) is 18.1. The summed E-state index contributed by atoms with van der Waals surface area (Å²) in [6.07, 6.45) is 6.07. The van der Waals surface area contributed by atoms with Crippen molar-refractivity contribution < 1.29 is 4.79 Å². The van der Waals surface area contributed by atoms with E-state index in [2.05, 4.69) is 43.9 Å². The highest BCUT2D eigenvalue weighted by atomic mass is 32.2. The van der Waals surface area contributed by atoms with Crippen LogP contribution in [0.15, 0.2) is 35.6 Å². The van der Waals surface area contributed by atoms with Gasteiger partial charge in [-0.1, -0.05) is 30.3 Å². The van der Waals surface area contributed by atoms with Crippen molar-refractivity contribution in [3.05, 3.63) is 46.9 Å². The minimum atomic E-state index is -0.0661. The van der Waals surface area contributed by atoms with Crippen LogP contribution in [0.25, 0.3) is 21.6 Å². The molecular weight excluding hydrogens is 440 g/mol. The van der Waals surface area contributed by atoms with Crippen LogP contribution >= 0.6 is 23.1 Å². The number of anilines is 1. The standard InChI is InChI=1S/C23H24N6OS2/c1-14-15(2)32-23-20(14)22(24-13-25-23)31-12-19(30)26-17-8-6-7-16(11-17)21-28-27-18-9-4-3-5-10-29(18)21/h6-8,11,13H,3-5,9-10,12H2,1-2H3,(H,26,30). The number of thioether (sulfide) groups is 1. The van der Waals surface area contributed by atoms with Crippen LogP contribution in [0, 0.1) is 13.8 Å². The number of aryl methyl sites for hydroxylation is 3. The van der Waals surface area contributed by atoms with Gasteiger partial charge in [0.05, 0.1) is 5.75 Å². The number of hydrogen-bond acceptors (Lipinski definition) is 7. The summed E-state index contributed by atoms with van der Waals surface area (Å²) in [5.41, 5.74) is 2.92. The first-order valence-corrected chi connectivity index (χ1v) is 12.6. The predicted molar refractivity (Wildman–Crippen MR) is 129 cm³/mol. The van der Waals surface area contributed by atoms with Crippen LogP contribution < -0.4 is 5.32 Å². The molecule has 9 heteroatoms. The van der Waals surface area contributed by atoms with E-state index in [9.17, 15) is 4.79 Å². The minimum Gasteiger partial charge on any atom is -0.325 e. The molecule has 0 saturated heterocycles. The fraction of sp³-hybridized carbons (Fsp3) is 0.348. The molecule has 0 unspecified atom stereocenters. The van der Waals surface area contributed by atoms with E-state index in [1.54, 1.807) is 17.7 Å². The topological polar surface area (TPSA) is 85.6 Å². The molecule has 1 aliphatic heterocycles. The predicted octanol–water partition coefficient (Wildman–Crippen LogP) is 5.02. The molecule has 5 rings (SSSR count). The molecule has 0 radical (unpaired) electrons. The molecule has 4 aromatic rings. The van der Waals surface area contributed by atoms with Gasteiger partial charge in [-0.3, -0.25) is 4.79 Å². The van der Waals surface area contributed by atoms with Crippen LogP contribution in [-0.4, -0.2) is 36.4 Å². The van der Waals surface area contributed by atoms with Gasteiger partial charge in [-0.2, -0.15) is 0 Å². The zero-order chi connectivity index (χ0) is 22.1. The third-order valence-corrected chi connectivity index (χ3v) is 7.89. The van der Waals surface area contributed by atoms with Crippen molar-refractivity contribution in [1.29, 1.82) is 0 Å². The first-order chi connectivity index (χ1) is 15.6. The number of hydrogen-bond donors (Lipinski definition) is 1. The maximum absolute atomic E-state index is 12.7. The van der Waals surface area contributed by atoms with Crippen molar-refractivity contribution in [1.82, 2.24) is 24.7 Å². The Hall–Kier alpha value is -2.78. The van der Waals surface area contributed by atoms with Gasteiger partial charge in [0.2, 0.25) is 5.91 Å². The zero-order valence-corrected chi connectivity index (χ0v) is 19.7. The van der Waals surface area contributed by atoms with Crippen molar-refractivity contribution in [2.75, 3.05) is 11.1 Å². The highest BCUT2D eigenvalue weighted by Gasteiger charge is 2.17. The van der Waals surface area contributed by atoms with Crippen molar-refractivity contribution >= 4 is 44.9 Å². The Labute approximate surface area is 194 Å². The summed E-state index contributed by atoms with van der Waals surface area (Å²) in [6.45, 7) is 5.11. The maximum Gasteiger partial charge on any atom is 0.234 e. The number of carbonyl (C=O) groups excluding carboxylic acids is 1. The number of aromatic nitrogens is 5. The summed E-state index contributed by atoms with van der Waals surface area (Å²) in [5, 5.41) is 13.7. The molecule has 1 amide bonds. The van der Waals surface area contributed by atoms with Gasteiger partial charge < -0.3 is 9.88 Å². The Bertz CT molecular complexity index is 1300. The van der Waals surface area contributed by atoms with E-state index < -0.39 is 0 Å². The first-order valence-electron chi connectivity index (χ1n) is 10.8. The molecule has 0 fully saturated rings. The molecule has 0 aliphatic carbocycles. The van der Waals surface area contributed by atoms with Crippen LogP contribution in [0.5, 0.6) is 0 Å². The van der Waals surface area contributed by atoms with E-state index in [1.165, 1.54) is 28.6 Å². The van der Waals surface area contributed by atoms with Crippen molar-refractivity contribution in [3.8, 4) is 11.4 Å². The quantitative estimate of drug-likeness (QED) is 0.330. The van der Waals surface area contributed by atoms with Crippen molar-refractivity contribution in [2.45, 2.75) is 51.1 Å². The highest BCUT2D eigenvalue weighted by molar-refractivity contribution is 8.00. The third-order valence-electron chi connectivity index (χ3n) is 5.78. The molecule has 1 aromatic carbocycles. The lowest BCUT2D eigenvalue weighted by molar-refractivity contribution is -0.113. The van der Waals surface area contributed by atoms with Crippen LogP contribution in [0.4, 0.5) is 5.69 Å². The molecule has 1 N–H and O–H groups in total. The third kappa shape index (κ3) is 4.14. The number of rotatable bonds is 5. The van der Waals surface area contributed by atoms with E-state index >= 15 is 0 Å². The number of fused-ring (bicyclic) bond motifs is 2. The summed E-state index contributed by atoms with van der Waals surface area (Å²) in [4.78, 5) is 23.7. The Morgan fingerprint density at radius 1 is 1.19 bits per heavy atom. The minimum absolute atomic E-state index is 0.0661. The molecule has 0 atom stereocenters. The largest absolute Gasteiger partial charge is 0.325 e. The molecule has 0 saturated carbocycles. The molecular formula is C23H24N6OS2. The van der Waals surface area contributed by atoms with Gasteiger partial charge in [0.25, 0.3) is 0 Å². The molecule has 164 valence electrons. The Morgan fingerprint density at radius 2 is 2.09 bits per heavy atom. The number of nitrogens with zero attached hydrogens (tertiary/aromatic N) is 5. The van der Waals surface area contributed by atoms with E-state index in [0.717, 1.165) is 63.9 Å².